The number of aromatic nitrogens is 1. The largest absolute Gasteiger partial charge is 0.445 e. The van der Waals surface area contributed by atoms with Crippen molar-refractivity contribution in [2.24, 2.45) is 4.99 Å². The summed E-state index contributed by atoms with van der Waals surface area (Å²) < 4.78 is 5.34. The summed E-state index contributed by atoms with van der Waals surface area (Å²) in [5, 5.41) is 0.715. The van der Waals surface area contributed by atoms with Crippen LogP contribution in [0.25, 0.3) is 0 Å². The van der Waals surface area contributed by atoms with Crippen LogP contribution in [0.4, 0.5) is 4.79 Å². The number of likely N-dealkylation sites (N-methyl/N-ethyl adjacent to an activating group) is 2. The van der Waals surface area contributed by atoms with Gasteiger partial charge in [-0.2, -0.15) is 0 Å². The van der Waals surface area contributed by atoms with Gasteiger partial charge in [-0.05, 0) is 31.5 Å². The molecule has 0 aliphatic carbocycles. The third-order valence-corrected chi connectivity index (χ3v) is 6.55. The monoisotopic (exact) mass is 426 g/mol. The molecule has 0 saturated carbocycles. The van der Waals surface area contributed by atoms with Gasteiger partial charge in [0.25, 0.3) is 0 Å². The van der Waals surface area contributed by atoms with Crippen LogP contribution in [0.1, 0.15) is 25.0 Å². The SMILES string of the molecule is CC1N=C(c2cccnc2)SC1N(C)C(=O)[C@@H](C)N(C)C(=O)OCc1ccccc1. The maximum absolute atomic E-state index is 13.0. The van der Waals surface area contributed by atoms with Gasteiger partial charge < -0.3 is 9.64 Å². The maximum atomic E-state index is 13.0. The van der Waals surface area contributed by atoms with Gasteiger partial charge >= 0.3 is 6.09 Å². The summed E-state index contributed by atoms with van der Waals surface area (Å²) in [5.74, 6) is -0.166. The number of hydrogen-bond donors (Lipinski definition) is 0. The third kappa shape index (κ3) is 4.99. The highest BCUT2D eigenvalue weighted by Gasteiger charge is 2.36. The zero-order valence-corrected chi connectivity index (χ0v) is 18.4. The standard InChI is InChI=1S/C22H26N4O3S/c1-15-21(30-19(24-15)18-11-8-12-23-13-18)26(4)20(27)16(2)25(3)22(28)29-14-17-9-6-5-7-10-17/h5-13,15-16,21H,14H2,1-4H3/t15?,16-,21?/m1/s1. The van der Waals surface area contributed by atoms with Gasteiger partial charge in [0, 0.05) is 32.1 Å². The molecule has 2 amide bonds. The first-order chi connectivity index (χ1) is 14.4. The molecule has 158 valence electrons. The van der Waals surface area contributed by atoms with Crippen LogP contribution in [0.3, 0.4) is 0 Å². The molecule has 0 radical (unpaired) electrons. The van der Waals surface area contributed by atoms with Gasteiger partial charge in [-0.25, -0.2) is 4.79 Å². The summed E-state index contributed by atoms with van der Waals surface area (Å²) in [7, 11) is 3.32. The second-order valence-electron chi connectivity index (χ2n) is 7.20. The van der Waals surface area contributed by atoms with Crippen molar-refractivity contribution in [1.29, 1.82) is 0 Å². The third-order valence-electron chi connectivity index (χ3n) is 5.04. The van der Waals surface area contributed by atoms with Gasteiger partial charge in [-0.3, -0.25) is 19.7 Å². The molecule has 2 unspecified atom stereocenters. The molecule has 3 rings (SSSR count). The first kappa shape index (κ1) is 21.8. The zero-order chi connectivity index (χ0) is 21.7. The maximum Gasteiger partial charge on any atom is 0.410 e. The number of amides is 2. The Morgan fingerprint density at radius 2 is 1.90 bits per heavy atom. The van der Waals surface area contributed by atoms with Gasteiger partial charge in [0.05, 0.1) is 6.04 Å². The zero-order valence-electron chi connectivity index (χ0n) is 17.6. The van der Waals surface area contributed by atoms with Crippen molar-refractivity contribution in [2.75, 3.05) is 14.1 Å². The van der Waals surface area contributed by atoms with Crippen LogP contribution in [0, 0.1) is 0 Å². The molecule has 2 aromatic rings. The van der Waals surface area contributed by atoms with E-state index in [-0.39, 0.29) is 23.9 Å². The molecule has 0 saturated heterocycles. The summed E-state index contributed by atoms with van der Waals surface area (Å²) in [6.45, 7) is 3.85. The fraction of sp³-hybridized carbons (Fsp3) is 0.364. The highest BCUT2D eigenvalue weighted by molar-refractivity contribution is 8.15. The van der Waals surface area contributed by atoms with Gasteiger partial charge in [0.15, 0.2) is 0 Å². The highest BCUT2D eigenvalue weighted by atomic mass is 32.2. The van der Waals surface area contributed by atoms with E-state index < -0.39 is 12.1 Å². The van der Waals surface area contributed by atoms with Crippen molar-refractivity contribution in [1.82, 2.24) is 14.8 Å². The lowest BCUT2D eigenvalue weighted by atomic mass is 10.2. The minimum Gasteiger partial charge on any atom is -0.445 e. The van der Waals surface area contributed by atoms with Crippen molar-refractivity contribution in [3.63, 3.8) is 0 Å². The molecular formula is C22H26N4O3S. The molecule has 7 nitrogen and oxygen atoms in total. The molecule has 0 spiro atoms. The van der Waals surface area contributed by atoms with E-state index in [1.807, 2.05) is 49.4 Å². The Labute approximate surface area is 181 Å². The predicted molar refractivity (Wildman–Crippen MR) is 118 cm³/mol. The average Bonchev–Trinajstić information content (AvgIpc) is 3.18. The summed E-state index contributed by atoms with van der Waals surface area (Å²) in [6, 6.07) is 12.5. The molecular weight excluding hydrogens is 400 g/mol. The minimum atomic E-state index is -0.659. The van der Waals surface area contributed by atoms with E-state index in [0.717, 1.165) is 16.2 Å². The molecule has 0 N–H and O–H groups in total. The Bertz CT molecular complexity index is 907. The van der Waals surface area contributed by atoms with Crippen molar-refractivity contribution < 1.29 is 14.3 Å². The fourth-order valence-electron chi connectivity index (χ4n) is 3.09. The van der Waals surface area contributed by atoms with Crippen LogP contribution in [0.5, 0.6) is 0 Å². The highest BCUT2D eigenvalue weighted by Crippen LogP contribution is 2.32. The lowest BCUT2D eigenvalue weighted by Crippen LogP contribution is -2.50. The molecule has 2 heterocycles. The number of pyridine rings is 1. The van der Waals surface area contributed by atoms with E-state index in [1.165, 1.54) is 16.7 Å². The van der Waals surface area contributed by atoms with Gasteiger partial charge in [0.2, 0.25) is 5.91 Å². The summed E-state index contributed by atoms with van der Waals surface area (Å²) in [4.78, 5) is 37.3. The van der Waals surface area contributed by atoms with E-state index >= 15 is 0 Å². The summed E-state index contributed by atoms with van der Waals surface area (Å²) in [6.07, 6.45) is 2.95. The molecule has 30 heavy (non-hydrogen) atoms. The van der Waals surface area contributed by atoms with E-state index in [0.29, 0.717) is 0 Å². The number of carbonyl (C=O) groups is 2. The molecule has 8 heteroatoms. The number of hydrogen-bond acceptors (Lipinski definition) is 6. The summed E-state index contributed by atoms with van der Waals surface area (Å²) in [5.41, 5.74) is 1.83. The van der Waals surface area contributed by atoms with Crippen LogP contribution in [-0.4, -0.2) is 63.4 Å². The number of benzene rings is 1. The lowest BCUT2D eigenvalue weighted by molar-refractivity contribution is -0.135. The second-order valence-corrected chi connectivity index (χ2v) is 8.31. The lowest BCUT2D eigenvalue weighted by Gasteiger charge is -2.32. The van der Waals surface area contributed by atoms with E-state index in [9.17, 15) is 9.59 Å². The molecule has 0 fully saturated rings. The van der Waals surface area contributed by atoms with E-state index in [1.54, 1.807) is 38.3 Å². The van der Waals surface area contributed by atoms with E-state index in [4.69, 9.17) is 4.74 Å². The minimum absolute atomic E-state index is 0.0679. The van der Waals surface area contributed by atoms with Crippen LogP contribution >= 0.6 is 11.8 Å². The second kappa shape index (κ2) is 9.75. The quantitative estimate of drug-likeness (QED) is 0.708. The van der Waals surface area contributed by atoms with E-state index in [2.05, 4.69) is 9.98 Å². The van der Waals surface area contributed by atoms with Crippen LogP contribution < -0.4 is 0 Å². The number of rotatable bonds is 6. The van der Waals surface area contributed by atoms with Crippen LogP contribution in [0.15, 0.2) is 59.9 Å². The van der Waals surface area contributed by atoms with Crippen LogP contribution in [-0.2, 0) is 16.1 Å². The topological polar surface area (TPSA) is 75.1 Å². The summed E-state index contributed by atoms with van der Waals surface area (Å²) >= 11 is 1.53. The Kier molecular flexibility index (Phi) is 7.10. The number of ether oxygens (including phenoxy) is 1. The Morgan fingerprint density at radius 1 is 1.17 bits per heavy atom. The predicted octanol–water partition coefficient (Wildman–Crippen LogP) is 3.41. The Morgan fingerprint density at radius 3 is 2.57 bits per heavy atom. The molecule has 1 aliphatic heterocycles. The first-order valence-electron chi connectivity index (χ1n) is 9.73. The first-order valence-corrected chi connectivity index (χ1v) is 10.6. The average molecular weight is 427 g/mol. The van der Waals surface area contributed by atoms with Gasteiger partial charge in [0.1, 0.15) is 23.1 Å². The molecule has 1 aliphatic rings. The normalized spacial score (nSPS) is 19.0. The van der Waals surface area contributed by atoms with Crippen molar-refractivity contribution in [3.8, 4) is 0 Å². The van der Waals surface area contributed by atoms with Crippen molar-refractivity contribution in [2.45, 2.75) is 37.9 Å². The molecule has 1 aromatic carbocycles. The van der Waals surface area contributed by atoms with Gasteiger partial charge in [-0.15, -0.1) is 0 Å². The van der Waals surface area contributed by atoms with Gasteiger partial charge in [-0.1, -0.05) is 42.1 Å². The molecule has 0 bridgehead atoms. The Hall–Kier alpha value is -2.87. The number of thioether (sulfide) groups is 1. The molecule has 3 atom stereocenters. The van der Waals surface area contributed by atoms with Crippen LogP contribution in [0.2, 0.25) is 0 Å². The molecule has 1 aromatic heterocycles. The smallest absolute Gasteiger partial charge is 0.410 e. The fourth-order valence-corrected chi connectivity index (χ4v) is 4.32. The van der Waals surface area contributed by atoms with Crippen molar-refractivity contribution in [3.05, 3.63) is 66.0 Å². The Balaban J connectivity index is 1.57. The number of carbonyl (C=O) groups excluding carboxylic acids is 2. The number of nitrogens with zero attached hydrogens (tertiary/aromatic N) is 4. The van der Waals surface area contributed by atoms with Crippen molar-refractivity contribution >= 4 is 28.8 Å². The number of aliphatic imine (C=N–C) groups is 1.